The minimum absolute atomic E-state index is 1.09. The summed E-state index contributed by atoms with van der Waals surface area (Å²) in [5.74, 6) is 0. The highest BCUT2D eigenvalue weighted by atomic mass is 15.1. The summed E-state index contributed by atoms with van der Waals surface area (Å²) in [5.41, 5.74) is 15.2. The second kappa shape index (κ2) is 15.0. The van der Waals surface area contributed by atoms with Crippen molar-refractivity contribution in [2.24, 2.45) is 0 Å². The van der Waals surface area contributed by atoms with Crippen LogP contribution in [0.3, 0.4) is 0 Å². The third-order valence-corrected chi connectivity index (χ3v) is 11.0. The van der Waals surface area contributed by atoms with Gasteiger partial charge in [0, 0.05) is 16.9 Å². The fraction of sp³-hybridized carbons (Fsp3) is 0. The van der Waals surface area contributed by atoms with E-state index < -0.39 is 0 Å². The molecule has 1 heteroatoms. The zero-order valence-corrected chi connectivity index (χ0v) is 31.5. The monoisotopic (exact) mass is 725 g/mol. The Morgan fingerprint density at radius 1 is 0.228 bits per heavy atom. The summed E-state index contributed by atoms with van der Waals surface area (Å²) < 4.78 is 0. The minimum Gasteiger partial charge on any atom is -0.310 e. The average molecular weight is 726 g/mol. The number of hydrogen-bond donors (Lipinski definition) is 0. The van der Waals surface area contributed by atoms with Crippen LogP contribution >= 0.6 is 0 Å². The van der Waals surface area contributed by atoms with E-state index >= 15 is 0 Å². The van der Waals surface area contributed by atoms with Crippen LogP contribution in [0.25, 0.3) is 77.2 Å². The molecule has 0 bridgehead atoms. The summed E-state index contributed by atoms with van der Waals surface area (Å²) in [7, 11) is 0. The van der Waals surface area contributed by atoms with Gasteiger partial charge in [0.05, 0.1) is 5.69 Å². The molecule has 0 unspecified atom stereocenters. The molecule has 0 amide bonds. The fourth-order valence-electron chi connectivity index (χ4n) is 8.24. The molecule has 0 atom stereocenters. The zero-order valence-electron chi connectivity index (χ0n) is 31.5. The molecule has 0 aliphatic heterocycles. The lowest BCUT2D eigenvalue weighted by molar-refractivity contribution is 1.28. The molecular weight excluding hydrogens is 687 g/mol. The molecule has 0 aliphatic carbocycles. The van der Waals surface area contributed by atoms with Gasteiger partial charge >= 0.3 is 0 Å². The third kappa shape index (κ3) is 6.66. The highest BCUT2D eigenvalue weighted by molar-refractivity contribution is 6.14. The third-order valence-electron chi connectivity index (χ3n) is 11.0. The van der Waals surface area contributed by atoms with Gasteiger partial charge in [0.25, 0.3) is 0 Å². The van der Waals surface area contributed by atoms with Crippen LogP contribution in [-0.4, -0.2) is 0 Å². The molecule has 0 saturated carbocycles. The first-order chi connectivity index (χ1) is 28.3. The molecule has 0 aromatic heterocycles. The number of benzene rings is 10. The Labute approximate surface area is 334 Å². The van der Waals surface area contributed by atoms with Gasteiger partial charge in [0.2, 0.25) is 0 Å². The number of nitrogens with zero attached hydrogens (tertiary/aromatic N) is 1. The molecule has 0 aliphatic rings. The van der Waals surface area contributed by atoms with E-state index in [1.54, 1.807) is 0 Å². The van der Waals surface area contributed by atoms with Gasteiger partial charge in [-0.05, 0) is 126 Å². The lowest BCUT2D eigenvalue weighted by Crippen LogP contribution is -2.11. The molecule has 0 heterocycles. The van der Waals surface area contributed by atoms with Gasteiger partial charge in [-0.1, -0.05) is 182 Å². The summed E-state index contributed by atoms with van der Waals surface area (Å²) in [6.45, 7) is 0. The van der Waals surface area contributed by atoms with Crippen LogP contribution in [-0.2, 0) is 0 Å². The van der Waals surface area contributed by atoms with Crippen molar-refractivity contribution in [2.75, 3.05) is 4.90 Å². The van der Waals surface area contributed by atoms with Gasteiger partial charge in [0.1, 0.15) is 0 Å². The molecule has 10 rings (SSSR count). The molecule has 0 fully saturated rings. The SMILES string of the molecule is c1ccc(-c2cc(-c3ccccc3)cc(-c3ccc(N(c4ccccc4)c4cc(-c5cc6ccccc6c6ccccc56)ccc4-c4ccccc4)cc3)c2)cc1. The van der Waals surface area contributed by atoms with Crippen molar-refractivity contribution in [3.8, 4) is 55.6 Å². The van der Waals surface area contributed by atoms with Gasteiger partial charge < -0.3 is 4.90 Å². The Bertz CT molecular complexity index is 2910. The number of rotatable bonds is 8. The fourth-order valence-corrected chi connectivity index (χ4v) is 8.24. The van der Waals surface area contributed by atoms with Crippen molar-refractivity contribution in [3.05, 3.63) is 237 Å². The van der Waals surface area contributed by atoms with Gasteiger partial charge in [-0.3, -0.25) is 0 Å². The van der Waals surface area contributed by atoms with Crippen LogP contribution in [0.2, 0.25) is 0 Å². The number of para-hydroxylation sites is 1. The first kappa shape index (κ1) is 34.0. The van der Waals surface area contributed by atoms with Crippen LogP contribution in [0.15, 0.2) is 237 Å². The number of fused-ring (bicyclic) bond motifs is 3. The molecule has 268 valence electrons. The van der Waals surface area contributed by atoms with Crippen LogP contribution in [0.1, 0.15) is 0 Å². The van der Waals surface area contributed by atoms with Crippen LogP contribution in [0.4, 0.5) is 17.1 Å². The van der Waals surface area contributed by atoms with Gasteiger partial charge in [-0.25, -0.2) is 0 Å². The predicted octanol–water partition coefficient (Wildman–Crippen LogP) is 15.8. The Balaban J connectivity index is 1.15. The summed E-state index contributed by atoms with van der Waals surface area (Å²) in [6, 6.07) is 85.7. The molecule has 0 N–H and O–H groups in total. The lowest BCUT2D eigenvalue weighted by Gasteiger charge is -2.29. The van der Waals surface area contributed by atoms with Crippen LogP contribution < -0.4 is 4.90 Å². The van der Waals surface area contributed by atoms with E-state index in [1.165, 1.54) is 77.2 Å². The Hall–Kier alpha value is -7.48. The van der Waals surface area contributed by atoms with Gasteiger partial charge in [-0.2, -0.15) is 0 Å². The predicted molar refractivity (Wildman–Crippen MR) is 243 cm³/mol. The van der Waals surface area contributed by atoms with Crippen molar-refractivity contribution >= 4 is 38.6 Å². The van der Waals surface area contributed by atoms with E-state index in [0.29, 0.717) is 0 Å². The molecule has 10 aromatic carbocycles. The first-order valence-corrected chi connectivity index (χ1v) is 19.6. The highest BCUT2D eigenvalue weighted by Gasteiger charge is 2.20. The Morgan fingerprint density at radius 3 is 1.26 bits per heavy atom. The Morgan fingerprint density at radius 2 is 0.667 bits per heavy atom. The molecule has 1 nitrogen and oxygen atoms in total. The zero-order chi connectivity index (χ0) is 38.0. The van der Waals surface area contributed by atoms with Crippen LogP contribution in [0, 0.1) is 0 Å². The van der Waals surface area contributed by atoms with Gasteiger partial charge in [0.15, 0.2) is 0 Å². The molecule has 0 saturated heterocycles. The minimum atomic E-state index is 1.09. The molecule has 0 spiro atoms. The maximum atomic E-state index is 2.41. The molecule has 57 heavy (non-hydrogen) atoms. The maximum absolute atomic E-state index is 2.41. The van der Waals surface area contributed by atoms with Crippen molar-refractivity contribution in [1.82, 2.24) is 0 Å². The normalized spacial score (nSPS) is 11.2. The van der Waals surface area contributed by atoms with Crippen molar-refractivity contribution in [1.29, 1.82) is 0 Å². The van der Waals surface area contributed by atoms with E-state index in [9.17, 15) is 0 Å². The highest BCUT2D eigenvalue weighted by Crippen LogP contribution is 2.45. The van der Waals surface area contributed by atoms with E-state index in [1.807, 2.05) is 0 Å². The summed E-state index contributed by atoms with van der Waals surface area (Å²) in [4.78, 5) is 2.41. The van der Waals surface area contributed by atoms with E-state index in [2.05, 4.69) is 241 Å². The maximum Gasteiger partial charge on any atom is 0.0546 e. The largest absolute Gasteiger partial charge is 0.310 e. The summed E-state index contributed by atoms with van der Waals surface area (Å²) >= 11 is 0. The first-order valence-electron chi connectivity index (χ1n) is 19.6. The standard InChI is InChI=1S/C56H39N/c1-5-17-40(18-6-1)46-35-47(41-19-7-2-8-20-41)37-48(36-46)42-29-32-50(33-30-42)57(49-24-11-4-12-25-49)56-39-45(31-34-52(56)43-21-9-3-10-22-43)55-38-44-23-13-14-26-51(44)53-27-15-16-28-54(53)55/h1-39H. The summed E-state index contributed by atoms with van der Waals surface area (Å²) in [6.07, 6.45) is 0. The van der Waals surface area contributed by atoms with Gasteiger partial charge in [-0.15, -0.1) is 0 Å². The number of anilines is 3. The van der Waals surface area contributed by atoms with E-state index in [4.69, 9.17) is 0 Å². The quantitative estimate of drug-likeness (QED) is 0.141. The molecule has 10 aromatic rings. The Kier molecular flexibility index (Phi) is 8.95. The van der Waals surface area contributed by atoms with Crippen molar-refractivity contribution < 1.29 is 0 Å². The van der Waals surface area contributed by atoms with E-state index in [0.717, 1.165) is 17.1 Å². The average Bonchev–Trinajstić information content (AvgIpc) is 3.30. The number of hydrogen-bond acceptors (Lipinski definition) is 1. The molecule has 0 radical (unpaired) electrons. The lowest BCUT2D eigenvalue weighted by atomic mass is 9.91. The second-order valence-corrected chi connectivity index (χ2v) is 14.5. The van der Waals surface area contributed by atoms with Crippen LogP contribution in [0.5, 0.6) is 0 Å². The summed E-state index contributed by atoms with van der Waals surface area (Å²) in [5, 5.41) is 5.02. The molecular formula is C56H39N. The second-order valence-electron chi connectivity index (χ2n) is 14.5. The van der Waals surface area contributed by atoms with Crippen molar-refractivity contribution in [3.63, 3.8) is 0 Å². The smallest absolute Gasteiger partial charge is 0.0546 e. The van der Waals surface area contributed by atoms with Crippen molar-refractivity contribution in [2.45, 2.75) is 0 Å². The van der Waals surface area contributed by atoms with E-state index in [-0.39, 0.29) is 0 Å². The topological polar surface area (TPSA) is 3.24 Å².